The monoisotopic (exact) mass is 126 g/mol. The molecule has 2 nitrogen and oxygen atoms in total. The Labute approximate surface area is 42.9 Å². The summed E-state index contributed by atoms with van der Waals surface area (Å²) in [6.07, 6.45) is 0. The molecule has 0 aromatic rings. The van der Waals surface area contributed by atoms with Gasteiger partial charge in [-0.3, -0.25) is 0 Å². The Morgan fingerprint density at radius 1 is 1.40 bits per heavy atom. The summed E-state index contributed by atoms with van der Waals surface area (Å²) < 4.78 is 17.0. The molecule has 0 unspecified atom stereocenters. The molecule has 0 atom stereocenters. The average molecular weight is 126 g/mol. The van der Waals surface area contributed by atoms with E-state index in [0.717, 1.165) is 0 Å². The molecule has 0 saturated heterocycles. The second-order valence-electron chi connectivity index (χ2n) is 0.0833. The average Bonchev–Trinajstić information content (AvgIpc) is 1.46. The Hall–Kier alpha value is 0.531. The summed E-state index contributed by atoms with van der Waals surface area (Å²) in [5.74, 6) is 0. The van der Waals surface area contributed by atoms with Crippen LogP contribution in [-0.2, 0) is 25.7 Å². The van der Waals surface area contributed by atoms with Crippen molar-refractivity contribution in [1.29, 1.82) is 0 Å². The van der Waals surface area contributed by atoms with Crippen molar-refractivity contribution in [3.8, 4) is 0 Å². The van der Waals surface area contributed by atoms with Crippen LogP contribution in [0.25, 0.3) is 0 Å². The van der Waals surface area contributed by atoms with E-state index in [1.165, 1.54) is 10.2 Å². The quantitative estimate of drug-likeness (QED) is 0.396. The van der Waals surface area contributed by atoms with Gasteiger partial charge in [0.2, 0.25) is 0 Å². The van der Waals surface area contributed by atoms with Crippen molar-refractivity contribution in [1.82, 2.24) is 0 Å². The third-order valence-corrected chi connectivity index (χ3v) is 0. The van der Waals surface area contributed by atoms with Gasteiger partial charge in [0.1, 0.15) is 0 Å². The van der Waals surface area contributed by atoms with Gasteiger partial charge in [-0.15, -0.1) is 0 Å². The van der Waals surface area contributed by atoms with Gasteiger partial charge < -0.3 is 0 Å². The van der Waals surface area contributed by atoms with E-state index >= 15 is 0 Å². The fourth-order valence-corrected chi connectivity index (χ4v) is 0. The molecule has 0 radical (unpaired) electrons. The summed E-state index contributed by atoms with van der Waals surface area (Å²) in [6.45, 7) is 2.14. The molecule has 0 aliphatic rings. The summed E-state index contributed by atoms with van der Waals surface area (Å²) >= 11 is -2.00. The van der Waals surface area contributed by atoms with Gasteiger partial charge in [-0.25, -0.2) is 0 Å². The predicted molar refractivity (Wildman–Crippen MR) is 17.2 cm³/mol. The Morgan fingerprint density at radius 2 is 1.40 bits per heavy atom. The van der Waals surface area contributed by atoms with Crippen LogP contribution in [0.1, 0.15) is 0 Å². The number of hydrogen-bond donors (Lipinski definition) is 0. The molecule has 0 fully saturated rings. The molecule has 0 aromatic heterocycles. The number of rotatable bonds is 0. The van der Waals surface area contributed by atoms with E-state index in [1.807, 2.05) is 0 Å². The third-order valence-electron chi connectivity index (χ3n) is 0. The molecule has 0 heterocycles. The molecule has 4 heteroatoms. The molecule has 0 spiro atoms. The molecule has 0 aliphatic carbocycles. The molecule has 0 amide bonds. The number of hydrogen-bond acceptors (Lipinski definition) is 2. The second kappa shape index (κ2) is 24.1. The van der Waals surface area contributed by atoms with Crippen LogP contribution in [0.15, 0.2) is 0 Å². The summed E-state index contributed by atoms with van der Waals surface area (Å²) in [6, 6.07) is 0. The van der Waals surface area contributed by atoms with Crippen LogP contribution in [-0.4, -0.2) is 10.2 Å². The molecule has 0 N–H and O–H groups in total. The van der Waals surface area contributed by atoms with Gasteiger partial charge in [0.15, 0.2) is 0 Å². The van der Waals surface area contributed by atoms with E-state index < -0.39 is 19.1 Å². The van der Waals surface area contributed by atoms with Crippen LogP contribution in [0.4, 0.5) is 0 Å². The van der Waals surface area contributed by atoms with Crippen molar-refractivity contribution >= 4 is 10.2 Å². The third kappa shape index (κ3) is 103. The van der Waals surface area contributed by atoms with Crippen LogP contribution in [0, 0.1) is 0 Å². The van der Waals surface area contributed by atoms with E-state index in [1.54, 1.807) is 0 Å². The first kappa shape index (κ1) is 9.11. The zero-order valence-corrected chi connectivity index (χ0v) is 6.88. The Bertz CT molecular complexity index is 30.6. The van der Waals surface area contributed by atoms with E-state index in [-0.39, 0.29) is 0 Å². The maximum absolute atomic E-state index is 8.50. The summed E-state index contributed by atoms with van der Waals surface area (Å²) in [4.78, 5) is 0. The van der Waals surface area contributed by atoms with Crippen LogP contribution in [0.2, 0.25) is 6.55 Å². The van der Waals surface area contributed by atoms with E-state index in [2.05, 4.69) is 6.55 Å². The Balaban J connectivity index is 0. The zero-order valence-electron chi connectivity index (χ0n) is 3.32. The van der Waals surface area contributed by atoms with Gasteiger partial charge in [-0.2, -0.15) is 0 Å². The van der Waals surface area contributed by atoms with Gasteiger partial charge in [-0.05, 0) is 10.2 Å². The Morgan fingerprint density at radius 3 is 1.40 bits per heavy atom. The van der Waals surface area contributed by atoms with E-state index in [4.69, 9.17) is 6.65 Å². The summed E-state index contributed by atoms with van der Waals surface area (Å²) in [5, 5.41) is 0. The minimum atomic E-state index is -2.00. The first-order valence-electron chi connectivity index (χ1n) is 1.41. The van der Waals surface area contributed by atoms with Crippen LogP contribution >= 0.6 is 0 Å². The molecule has 0 aromatic carbocycles. The van der Waals surface area contributed by atoms with Gasteiger partial charge >= 0.3 is 25.7 Å². The first-order valence-corrected chi connectivity index (χ1v) is 4.68. The van der Waals surface area contributed by atoms with Crippen molar-refractivity contribution in [2.75, 3.05) is 0 Å². The van der Waals surface area contributed by atoms with Crippen molar-refractivity contribution in [2.45, 2.75) is 6.55 Å². The molecule has 0 rings (SSSR count). The van der Waals surface area contributed by atoms with Gasteiger partial charge in [0.25, 0.3) is 0 Å². The maximum atomic E-state index is 8.50. The summed E-state index contributed by atoms with van der Waals surface area (Å²) in [5.41, 5.74) is 0. The molecule has 0 aliphatic heterocycles. The topological polar surface area (TPSA) is 34.1 Å². The van der Waals surface area contributed by atoms with E-state index in [0.29, 0.717) is 0 Å². The fourth-order valence-electron chi connectivity index (χ4n) is 0. The van der Waals surface area contributed by atoms with Crippen LogP contribution in [0.3, 0.4) is 0 Å². The SMILES string of the molecule is C[SiH3].[O]=[Ti]=[O]. The molecular formula is CH6O2SiTi. The predicted octanol–water partition coefficient (Wildman–Crippen LogP) is -0.840. The molecular weight excluding hydrogens is 120 g/mol. The molecule has 0 saturated carbocycles. The first-order chi connectivity index (χ1) is 2.41. The van der Waals surface area contributed by atoms with Gasteiger partial charge in [0.05, 0.1) is 0 Å². The molecule has 5 heavy (non-hydrogen) atoms. The van der Waals surface area contributed by atoms with Crippen molar-refractivity contribution < 1.29 is 25.7 Å². The summed E-state index contributed by atoms with van der Waals surface area (Å²) in [7, 11) is 1.31. The van der Waals surface area contributed by atoms with Crippen molar-refractivity contribution in [3.63, 3.8) is 0 Å². The van der Waals surface area contributed by atoms with Crippen molar-refractivity contribution in [2.24, 2.45) is 0 Å². The van der Waals surface area contributed by atoms with Crippen molar-refractivity contribution in [3.05, 3.63) is 0 Å². The Kier molecular flexibility index (Phi) is 43.9. The van der Waals surface area contributed by atoms with E-state index in [9.17, 15) is 0 Å². The van der Waals surface area contributed by atoms with Crippen LogP contribution in [0.5, 0.6) is 0 Å². The van der Waals surface area contributed by atoms with Crippen LogP contribution < -0.4 is 0 Å². The standard InChI is InChI=1S/CH6Si.2O.Ti/c1-2;;;/h1-2H3;;;. The molecule has 30 valence electrons. The fraction of sp³-hybridized carbons (Fsp3) is 1.00. The van der Waals surface area contributed by atoms with Gasteiger partial charge in [0, 0.05) is 0 Å². The molecule has 0 bridgehead atoms. The minimum absolute atomic E-state index is 1.31. The normalized spacial score (nSPS) is 3.40. The zero-order chi connectivity index (χ0) is 4.71. The second-order valence-corrected chi connectivity index (χ2v) is 0.344. The van der Waals surface area contributed by atoms with Gasteiger partial charge in [-0.1, -0.05) is 6.55 Å².